The highest BCUT2D eigenvalue weighted by Crippen LogP contribution is 2.32. The fraction of sp³-hybridized carbons (Fsp3) is 0.765. The minimum absolute atomic E-state index is 0.122. The van der Waals surface area contributed by atoms with Gasteiger partial charge in [-0.1, -0.05) is 50.8 Å². The van der Waals surface area contributed by atoms with Crippen molar-refractivity contribution in [1.82, 2.24) is 0 Å². The van der Waals surface area contributed by atoms with Gasteiger partial charge in [-0.15, -0.1) is 6.58 Å². The third kappa shape index (κ3) is 7.00. The molecule has 0 aliphatic rings. The summed E-state index contributed by atoms with van der Waals surface area (Å²) in [6.07, 6.45) is 11.7. The van der Waals surface area contributed by atoms with Crippen LogP contribution in [-0.4, -0.2) is 11.2 Å². The number of aliphatic hydroxyl groups excluding tert-OH is 1. The van der Waals surface area contributed by atoms with Crippen LogP contribution in [-0.2, 0) is 0 Å². The van der Waals surface area contributed by atoms with Crippen LogP contribution >= 0.6 is 0 Å². The van der Waals surface area contributed by atoms with Crippen LogP contribution in [0.15, 0.2) is 24.3 Å². The second-order valence-corrected chi connectivity index (χ2v) is 5.90. The Morgan fingerprint density at radius 1 is 1.28 bits per heavy atom. The van der Waals surface area contributed by atoms with Gasteiger partial charge in [-0.25, -0.2) is 0 Å². The molecular formula is C17H32O. The number of unbranched alkanes of at least 4 members (excludes halogenated alkanes) is 3. The highest BCUT2D eigenvalue weighted by Gasteiger charge is 2.28. The zero-order chi connectivity index (χ0) is 14.0. The molecule has 1 heteroatoms. The fourth-order valence-electron chi connectivity index (χ4n) is 2.20. The summed E-state index contributed by atoms with van der Waals surface area (Å²) < 4.78 is 0. The van der Waals surface area contributed by atoms with Gasteiger partial charge in [0, 0.05) is 5.41 Å². The lowest BCUT2D eigenvalue weighted by molar-refractivity contribution is 0.0537. The summed E-state index contributed by atoms with van der Waals surface area (Å²) >= 11 is 0. The molecule has 0 radical (unpaired) electrons. The number of rotatable bonds is 10. The average molecular weight is 252 g/mol. The fourth-order valence-corrected chi connectivity index (χ4v) is 2.20. The summed E-state index contributed by atoms with van der Waals surface area (Å²) in [6.45, 7) is 12.5. The van der Waals surface area contributed by atoms with E-state index in [1.54, 1.807) is 0 Å². The maximum Gasteiger partial charge on any atom is 0.0628 e. The molecule has 0 heterocycles. The van der Waals surface area contributed by atoms with Crippen LogP contribution < -0.4 is 0 Å². The molecule has 0 amide bonds. The Bertz CT molecular complexity index is 250. The lowest BCUT2D eigenvalue weighted by Gasteiger charge is -2.31. The molecule has 0 aromatic carbocycles. The Morgan fingerprint density at radius 3 is 2.44 bits per heavy atom. The van der Waals surface area contributed by atoms with E-state index in [0.29, 0.717) is 0 Å². The molecule has 0 saturated heterocycles. The van der Waals surface area contributed by atoms with E-state index in [0.717, 1.165) is 32.1 Å². The number of aliphatic hydroxyl groups is 1. The molecule has 1 N–H and O–H groups in total. The average Bonchev–Trinajstić information content (AvgIpc) is 2.34. The van der Waals surface area contributed by atoms with Crippen molar-refractivity contribution in [1.29, 1.82) is 0 Å². The first kappa shape index (κ1) is 17.4. The van der Waals surface area contributed by atoms with Gasteiger partial charge in [0.15, 0.2) is 0 Å². The quantitative estimate of drug-likeness (QED) is 0.415. The van der Waals surface area contributed by atoms with Crippen LogP contribution in [0.5, 0.6) is 0 Å². The molecule has 0 aromatic heterocycles. The second kappa shape index (κ2) is 9.38. The van der Waals surface area contributed by atoms with E-state index < -0.39 is 0 Å². The zero-order valence-corrected chi connectivity index (χ0v) is 12.8. The van der Waals surface area contributed by atoms with Crippen LogP contribution in [0.3, 0.4) is 0 Å². The summed E-state index contributed by atoms with van der Waals surface area (Å²) in [4.78, 5) is 0. The Labute approximate surface area is 114 Å². The van der Waals surface area contributed by atoms with Crippen molar-refractivity contribution >= 4 is 0 Å². The van der Waals surface area contributed by atoms with Crippen LogP contribution in [0.1, 0.15) is 72.6 Å². The standard InChI is InChI=1S/C17H32O/c1-6-8-9-13-16(18)17(5,7-2)14-11-10-12-15(3)4/h7,12,16,18H,2,6,8-11,13-14H2,1,3-5H3/t16-,17-/m1/s1. The molecule has 0 spiro atoms. The topological polar surface area (TPSA) is 20.2 Å². The molecule has 1 nitrogen and oxygen atoms in total. The Kier molecular flexibility index (Phi) is 9.09. The van der Waals surface area contributed by atoms with E-state index in [1.165, 1.54) is 18.4 Å². The molecule has 0 rings (SSSR count). The van der Waals surface area contributed by atoms with Gasteiger partial charge < -0.3 is 5.11 Å². The van der Waals surface area contributed by atoms with Crippen molar-refractivity contribution in [2.45, 2.75) is 78.7 Å². The van der Waals surface area contributed by atoms with Crippen molar-refractivity contribution < 1.29 is 5.11 Å². The first-order valence-corrected chi connectivity index (χ1v) is 7.41. The van der Waals surface area contributed by atoms with Gasteiger partial charge in [0.05, 0.1) is 6.10 Å². The van der Waals surface area contributed by atoms with E-state index in [4.69, 9.17) is 0 Å². The summed E-state index contributed by atoms with van der Waals surface area (Å²) in [6, 6.07) is 0. The highest BCUT2D eigenvalue weighted by atomic mass is 16.3. The molecule has 0 fully saturated rings. The van der Waals surface area contributed by atoms with Crippen molar-refractivity contribution in [3.63, 3.8) is 0 Å². The van der Waals surface area contributed by atoms with Gasteiger partial charge in [0.2, 0.25) is 0 Å². The summed E-state index contributed by atoms with van der Waals surface area (Å²) in [5.74, 6) is 0. The smallest absolute Gasteiger partial charge is 0.0628 e. The third-order valence-electron chi connectivity index (χ3n) is 3.78. The SMILES string of the molecule is C=C[C@](C)(CCCC=C(C)C)[C@H](O)CCCCC. The summed E-state index contributed by atoms with van der Waals surface area (Å²) in [7, 11) is 0. The van der Waals surface area contributed by atoms with Crippen LogP contribution in [0.4, 0.5) is 0 Å². The molecule has 0 bridgehead atoms. The van der Waals surface area contributed by atoms with Gasteiger partial charge in [0.1, 0.15) is 0 Å². The van der Waals surface area contributed by atoms with Crippen molar-refractivity contribution in [2.75, 3.05) is 0 Å². The molecule has 18 heavy (non-hydrogen) atoms. The molecule has 2 atom stereocenters. The second-order valence-electron chi connectivity index (χ2n) is 5.90. The predicted molar refractivity (Wildman–Crippen MR) is 81.7 cm³/mol. The van der Waals surface area contributed by atoms with Gasteiger partial charge >= 0.3 is 0 Å². The molecule has 0 unspecified atom stereocenters. The largest absolute Gasteiger partial charge is 0.392 e. The van der Waals surface area contributed by atoms with Crippen molar-refractivity contribution in [3.05, 3.63) is 24.3 Å². The van der Waals surface area contributed by atoms with Gasteiger partial charge in [-0.05, 0) is 39.5 Å². The summed E-state index contributed by atoms with van der Waals surface area (Å²) in [5.41, 5.74) is 1.25. The van der Waals surface area contributed by atoms with Crippen LogP contribution in [0, 0.1) is 5.41 Å². The minimum atomic E-state index is -0.242. The summed E-state index contributed by atoms with van der Waals surface area (Å²) in [5, 5.41) is 10.3. The Balaban J connectivity index is 4.14. The first-order valence-electron chi connectivity index (χ1n) is 7.41. The number of hydrogen-bond acceptors (Lipinski definition) is 1. The zero-order valence-electron chi connectivity index (χ0n) is 12.8. The van der Waals surface area contributed by atoms with E-state index in [1.807, 2.05) is 6.08 Å². The molecule has 106 valence electrons. The molecule has 0 aromatic rings. The predicted octanol–water partition coefficient (Wildman–Crippen LogP) is 5.26. The lowest BCUT2D eigenvalue weighted by Crippen LogP contribution is -2.30. The molecule has 0 saturated carbocycles. The van der Waals surface area contributed by atoms with Gasteiger partial charge in [-0.2, -0.15) is 0 Å². The van der Waals surface area contributed by atoms with Crippen LogP contribution in [0.2, 0.25) is 0 Å². The maximum absolute atomic E-state index is 10.3. The number of hydrogen-bond donors (Lipinski definition) is 1. The number of allylic oxidation sites excluding steroid dienone is 2. The van der Waals surface area contributed by atoms with E-state index in [-0.39, 0.29) is 11.5 Å². The highest BCUT2D eigenvalue weighted by molar-refractivity contribution is 4.98. The third-order valence-corrected chi connectivity index (χ3v) is 3.78. The van der Waals surface area contributed by atoms with Gasteiger partial charge in [0.25, 0.3) is 0 Å². The minimum Gasteiger partial charge on any atom is -0.392 e. The van der Waals surface area contributed by atoms with Crippen molar-refractivity contribution in [3.8, 4) is 0 Å². The molecule has 0 aliphatic heterocycles. The maximum atomic E-state index is 10.3. The lowest BCUT2D eigenvalue weighted by atomic mass is 9.77. The van der Waals surface area contributed by atoms with E-state index in [9.17, 15) is 5.11 Å². The van der Waals surface area contributed by atoms with E-state index in [2.05, 4.69) is 40.3 Å². The normalized spacial score (nSPS) is 15.8. The van der Waals surface area contributed by atoms with Crippen molar-refractivity contribution in [2.24, 2.45) is 5.41 Å². The first-order chi connectivity index (χ1) is 8.46. The van der Waals surface area contributed by atoms with E-state index >= 15 is 0 Å². The molecule has 0 aliphatic carbocycles. The monoisotopic (exact) mass is 252 g/mol. The molecular weight excluding hydrogens is 220 g/mol. The van der Waals surface area contributed by atoms with Gasteiger partial charge in [-0.3, -0.25) is 0 Å². The Morgan fingerprint density at radius 2 is 1.94 bits per heavy atom. The van der Waals surface area contributed by atoms with Crippen LogP contribution in [0.25, 0.3) is 0 Å². The Hall–Kier alpha value is -0.560.